The fraction of sp³-hybridized carbons (Fsp3) is 0.667. The Hall–Kier alpha value is -1.64. The van der Waals surface area contributed by atoms with Crippen molar-refractivity contribution in [1.29, 1.82) is 0 Å². The molecule has 1 saturated heterocycles. The third-order valence-corrected chi connectivity index (χ3v) is 2.70. The highest BCUT2D eigenvalue weighted by Crippen LogP contribution is 2.34. The van der Waals surface area contributed by atoms with E-state index in [9.17, 15) is 18.0 Å². The molecule has 0 atom stereocenters. The predicted molar refractivity (Wildman–Crippen MR) is 51.1 cm³/mol. The molecule has 2 rings (SSSR count). The summed E-state index contributed by atoms with van der Waals surface area (Å²) < 4.78 is 44.3. The summed E-state index contributed by atoms with van der Waals surface area (Å²) >= 11 is 0. The predicted octanol–water partition coefficient (Wildman–Crippen LogP) is 1.35. The van der Waals surface area contributed by atoms with Gasteiger partial charge in [0.25, 0.3) is 0 Å². The minimum absolute atomic E-state index is 0.324. The highest BCUT2D eigenvalue weighted by molar-refractivity contribution is 5.86. The molecular formula is C9H10F3N3O3. The third kappa shape index (κ3) is 2.30. The Balaban J connectivity index is 2.44. The van der Waals surface area contributed by atoms with Gasteiger partial charge in [-0.05, 0) is 12.8 Å². The maximum absolute atomic E-state index is 12.9. The monoisotopic (exact) mass is 265 g/mol. The summed E-state index contributed by atoms with van der Waals surface area (Å²) in [5.74, 6) is -1.74. The lowest BCUT2D eigenvalue weighted by Gasteiger charge is -2.24. The summed E-state index contributed by atoms with van der Waals surface area (Å²) in [4.78, 5) is 10.7. The number of carboxylic acids is 1. The Kier molecular flexibility index (Phi) is 3.24. The molecule has 1 fully saturated rings. The number of halogens is 3. The maximum Gasteiger partial charge on any atom is 0.435 e. The third-order valence-electron chi connectivity index (χ3n) is 2.70. The maximum atomic E-state index is 12.9. The topological polar surface area (TPSA) is 77.2 Å². The fourth-order valence-electron chi connectivity index (χ4n) is 1.89. The van der Waals surface area contributed by atoms with Gasteiger partial charge in [0.05, 0.1) is 6.04 Å². The van der Waals surface area contributed by atoms with Crippen LogP contribution in [0.1, 0.15) is 35.1 Å². The summed E-state index contributed by atoms with van der Waals surface area (Å²) in [6, 6.07) is -0.532. The van der Waals surface area contributed by atoms with E-state index in [1.54, 1.807) is 0 Å². The molecular weight excluding hydrogens is 255 g/mol. The van der Waals surface area contributed by atoms with E-state index in [4.69, 9.17) is 9.84 Å². The first kappa shape index (κ1) is 12.8. The molecule has 2 heterocycles. The van der Waals surface area contributed by atoms with E-state index in [2.05, 4.69) is 10.3 Å². The van der Waals surface area contributed by atoms with Crippen molar-refractivity contribution >= 4 is 5.97 Å². The largest absolute Gasteiger partial charge is 0.476 e. The molecule has 0 spiro atoms. The van der Waals surface area contributed by atoms with Crippen LogP contribution in [0.5, 0.6) is 0 Å². The van der Waals surface area contributed by atoms with Crippen LogP contribution in [0.3, 0.4) is 0 Å². The molecule has 1 aliphatic rings. The van der Waals surface area contributed by atoms with Crippen LogP contribution in [0.4, 0.5) is 13.2 Å². The van der Waals surface area contributed by atoms with Crippen LogP contribution in [0.2, 0.25) is 0 Å². The smallest absolute Gasteiger partial charge is 0.435 e. The molecule has 9 heteroatoms. The average Bonchev–Trinajstić information content (AvgIpc) is 2.74. The Morgan fingerprint density at radius 3 is 2.50 bits per heavy atom. The highest BCUT2D eigenvalue weighted by Gasteiger charge is 2.43. The van der Waals surface area contributed by atoms with Crippen LogP contribution in [-0.4, -0.2) is 39.3 Å². The molecule has 0 amide bonds. The van der Waals surface area contributed by atoms with Gasteiger partial charge < -0.3 is 9.84 Å². The number of ether oxygens (including phenoxy) is 1. The van der Waals surface area contributed by atoms with Crippen LogP contribution in [0.25, 0.3) is 0 Å². The second kappa shape index (κ2) is 4.56. The first-order valence-electron chi connectivity index (χ1n) is 5.24. The summed E-state index contributed by atoms with van der Waals surface area (Å²) in [6.07, 6.45) is -4.09. The molecule has 0 aromatic carbocycles. The summed E-state index contributed by atoms with van der Waals surface area (Å²) in [5, 5.41) is 15.1. The van der Waals surface area contributed by atoms with Gasteiger partial charge in [-0.3, -0.25) is 0 Å². The molecule has 100 valence electrons. The van der Waals surface area contributed by atoms with Gasteiger partial charge in [-0.1, -0.05) is 5.21 Å². The number of aromatic nitrogens is 3. The van der Waals surface area contributed by atoms with Crippen molar-refractivity contribution in [2.45, 2.75) is 25.1 Å². The van der Waals surface area contributed by atoms with Gasteiger partial charge in [0.15, 0.2) is 5.69 Å². The second-order valence-corrected chi connectivity index (χ2v) is 3.88. The lowest BCUT2D eigenvalue weighted by molar-refractivity contribution is -0.146. The normalized spacial score (nSPS) is 17.9. The Labute approximate surface area is 99.3 Å². The number of nitrogens with zero attached hydrogens (tertiary/aromatic N) is 3. The van der Waals surface area contributed by atoms with Crippen molar-refractivity contribution in [2.75, 3.05) is 13.2 Å². The number of hydrogen-bond donors (Lipinski definition) is 1. The molecule has 1 aromatic heterocycles. The minimum atomic E-state index is -4.80. The van der Waals surface area contributed by atoms with E-state index in [1.807, 2.05) is 0 Å². The molecule has 1 aromatic rings. The molecule has 18 heavy (non-hydrogen) atoms. The molecule has 1 N–H and O–H groups in total. The van der Waals surface area contributed by atoms with Crippen LogP contribution in [0.15, 0.2) is 0 Å². The van der Waals surface area contributed by atoms with E-state index in [1.165, 1.54) is 0 Å². The lowest BCUT2D eigenvalue weighted by atomic mass is 10.1. The first-order valence-corrected chi connectivity index (χ1v) is 5.24. The van der Waals surface area contributed by atoms with Crippen molar-refractivity contribution in [1.82, 2.24) is 15.0 Å². The Bertz CT molecular complexity index is 452. The second-order valence-electron chi connectivity index (χ2n) is 3.88. The molecule has 1 aliphatic heterocycles. The SMILES string of the molecule is O=C(O)c1nnn(C2CCOCC2)c1C(F)(F)F. The van der Waals surface area contributed by atoms with Crippen molar-refractivity contribution in [2.24, 2.45) is 0 Å². The quantitative estimate of drug-likeness (QED) is 0.873. The minimum Gasteiger partial charge on any atom is -0.476 e. The number of carboxylic acid groups (broad SMARTS) is 1. The van der Waals surface area contributed by atoms with Crippen molar-refractivity contribution in [3.8, 4) is 0 Å². The van der Waals surface area contributed by atoms with E-state index in [-0.39, 0.29) is 0 Å². The van der Waals surface area contributed by atoms with Crippen LogP contribution < -0.4 is 0 Å². The number of rotatable bonds is 2. The van der Waals surface area contributed by atoms with E-state index in [0.29, 0.717) is 30.7 Å². The Morgan fingerprint density at radius 2 is 2.00 bits per heavy atom. The Morgan fingerprint density at radius 1 is 1.39 bits per heavy atom. The number of alkyl halides is 3. The molecule has 0 bridgehead atoms. The molecule has 0 aliphatic carbocycles. The zero-order valence-electron chi connectivity index (χ0n) is 9.15. The molecule has 6 nitrogen and oxygen atoms in total. The summed E-state index contributed by atoms with van der Waals surface area (Å²) in [7, 11) is 0. The summed E-state index contributed by atoms with van der Waals surface area (Å²) in [6.45, 7) is 0.647. The highest BCUT2D eigenvalue weighted by atomic mass is 19.4. The molecule has 0 saturated carbocycles. The zero-order chi connectivity index (χ0) is 13.3. The summed E-state index contributed by atoms with van der Waals surface area (Å²) in [5.41, 5.74) is -2.36. The lowest BCUT2D eigenvalue weighted by Crippen LogP contribution is -2.26. The molecule has 0 unspecified atom stereocenters. The van der Waals surface area contributed by atoms with Gasteiger partial charge >= 0.3 is 12.1 Å². The van der Waals surface area contributed by atoms with Gasteiger partial charge in [-0.25, -0.2) is 9.48 Å². The number of carbonyl (C=O) groups is 1. The van der Waals surface area contributed by atoms with Crippen molar-refractivity contribution < 1.29 is 27.8 Å². The van der Waals surface area contributed by atoms with Crippen LogP contribution in [0, 0.1) is 0 Å². The van der Waals surface area contributed by atoms with E-state index >= 15 is 0 Å². The van der Waals surface area contributed by atoms with Gasteiger partial charge in [0, 0.05) is 13.2 Å². The number of hydrogen-bond acceptors (Lipinski definition) is 4. The number of aromatic carboxylic acids is 1. The fourth-order valence-corrected chi connectivity index (χ4v) is 1.89. The zero-order valence-corrected chi connectivity index (χ0v) is 9.15. The van der Waals surface area contributed by atoms with Crippen LogP contribution in [-0.2, 0) is 10.9 Å². The first-order chi connectivity index (χ1) is 8.41. The van der Waals surface area contributed by atoms with Crippen molar-refractivity contribution in [3.63, 3.8) is 0 Å². The van der Waals surface area contributed by atoms with Crippen molar-refractivity contribution in [3.05, 3.63) is 11.4 Å². The molecule has 0 radical (unpaired) electrons. The van der Waals surface area contributed by atoms with Gasteiger partial charge in [0.1, 0.15) is 0 Å². The van der Waals surface area contributed by atoms with Crippen LogP contribution >= 0.6 is 0 Å². The standard InChI is InChI=1S/C9H10F3N3O3/c10-9(11,12)7-6(8(16)17)13-14-15(7)5-1-3-18-4-2-5/h5H,1-4H2,(H,16,17). The van der Waals surface area contributed by atoms with Gasteiger partial charge in [-0.2, -0.15) is 13.2 Å². The van der Waals surface area contributed by atoms with E-state index in [0.717, 1.165) is 0 Å². The van der Waals surface area contributed by atoms with Gasteiger partial charge in [0.2, 0.25) is 5.69 Å². The van der Waals surface area contributed by atoms with Gasteiger partial charge in [-0.15, -0.1) is 5.10 Å². The van der Waals surface area contributed by atoms with E-state index < -0.39 is 29.6 Å². The average molecular weight is 265 g/mol.